The molecule has 0 spiro atoms. The number of rotatable bonds is 3. The number of hydrogen-bond donors (Lipinski definition) is 0. The lowest BCUT2D eigenvalue weighted by atomic mass is 9.97. The molecule has 196 valence electrons. The van der Waals surface area contributed by atoms with Crippen molar-refractivity contribution in [2.75, 3.05) is 0 Å². The molecule has 3 heterocycles. The molecule has 0 radical (unpaired) electrons. The molecule has 0 N–H and O–H groups in total. The van der Waals surface area contributed by atoms with E-state index in [2.05, 4.69) is 114 Å². The standard InChI is InChI=1S/C38H23N3O/c1-2-11-24(12-3-1)38-40-32-18-7-8-19-33(32)41(38)26-14-10-13-25(23-26)36-30-22-21-28-27-15-5-9-20-34(27)42-37(28)35(30)29-16-4-6-17-31(29)39-36/h1-23H. The highest BCUT2D eigenvalue weighted by Gasteiger charge is 2.19. The number of aromatic nitrogens is 3. The lowest BCUT2D eigenvalue weighted by Crippen LogP contribution is -1.98. The first-order valence-electron chi connectivity index (χ1n) is 14.1. The van der Waals surface area contributed by atoms with E-state index in [1.807, 2.05) is 30.3 Å². The summed E-state index contributed by atoms with van der Waals surface area (Å²) in [6.45, 7) is 0. The number of pyridine rings is 1. The highest BCUT2D eigenvalue weighted by Crippen LogP contribution is 2.41. The molecule has 0 aliphatic heterocycles. The van der Waals surface area contributed by atoms with E-state index in [9.17, 15) is 0 Å². The fraction of sp³-hybridized carbons (Fsp3) is 0. The van der Waals surface area contributed by atoms with Gasteiger partial charge >= 0.3 is 0 Å². The SMILES string of the molecule is c1ccc(-c2nc3ccccc3n2-c2cccc(-c3nc4ccccc4c4c3ccc3c5ccccc5oc34)c2)cc1. The van der Waals surface area contributed by atoms with Crippen LogP contribution in [0.15, 0.2) is 144 Å². The Labute approximate surface area is 241 Å². The summed E-state index contributed by atoms with van der Waals surface area (Å²) in [6.07, 6.45) is 0. The van der Waals surface area contributed by atoms with E-state index in [4.69, 9.17) is 14.4 Å². The van der Waals surface area contributed by atoms with E-state index in [-0.39, 0.29) is 0 Å². The summed E-state index contributed by atoms with van der Waals surface area (Å²) >= 11 is 0. The summed E-state index contributed by atoms with van der Waals surface area (Å²) in [5.41, 5.74) is 8.83. The van der Waals surface area contributed by atoms with Crippen LogP contribution in [0, 0.1) is 0 Å². The number of fused-ring (bicyclic) bond motifs is 8. The molecular formula is C38H23N3O. The van der Waals surface area contributed by atoms with Gasteiger partial charge in [0.2, 0.25) is 0 Å². The Hall–Kier alpha value is -5.74. The molecule has 4 nitrogen and oxygen atoms in total. The van der Waals surface area contributed by atoms with Gasteiger partial charge < -0.3 is 4.42 Å². The van der Waals surface area contributed by atoms with E-state index in [0.717, 1.165) is 83.0 Å². The smallest absolute Gasteiger partial charge is 0.145 e. The van der Waals surface area contributed by atoms with Gasteiger partial charge in [0.05, 0.1) is 22.2 Å². The van der Waals surface area contributed by atoms with Gasteiger partial charge in [-0.05, 0) is 42.5 Å². The maximum absolute atomic E-state index is 6.52. The molecule has 0 aliphatic carbocycles. The minimum Gasteiger partial charge on any atom is -0.455 e. The Balaban J connectivity index is 1.34. The Kier molecular flexibility index (Phi) is 4.87. The molecule has 9 aromatic rings. The Morgan fingerprint density at radius 2 is 1.21 bits per heavy atom. The van der Waals surface area contributed by atoms with Crippen LogP contribution in [0.2, 0.25) is 0 Å². The molecule has 3 aromatic heterocycles. The maximum atomic E-state index is 6.52. The zero-order chi connectivity index (χ0) is 27.6. The van der Waals surface area contributed by atoms with Crippen LogP contribution >= 0.6 is 0 Å². The fourth-order valence-corrected chi connectivity index (χ4v) is 6.30. The lowest BCUT2D eigenvalue weighted by molar-refractivity contribution is 0.673. The Bertz CT molecular complexity index is 2470. The van der Waals surface area contributed by atoms with Gasteiger partial charge in [0.15, 0.2) is 0 Å². The van der Waals surface area contributed by atoms with Gasteiger partial charge in [-0.1, -0.05) is 97.1 Å². The van der Waals surface area contributed by atoms with Crippen LogP contribution in [-0.4, -0.2) is 14.5 Å². The quantitative estimate of drug-likeness (QED) is 0.211. The summed E-state index contributed by atoms with van der Waals surface area (Å²) in [6, 6.07) is 48.2. The second kappa shape index (κ2) is 8.88. The molecule has 4 heteroatoms. The first kappa shape index (κ1) is 23.0. The molecule has 0 atom stereocenters. The van der Waals surface area contributed by atoms with Crippen molar-refractivity contribution >= 4 is 54.6 Å². The average molecular weight is 538 g/mol. The van der Waals surface area contributed by atoms with Crippen molar-refractivity contribution in [3.05, 3.63) is 140 Å². The predicted molar refractivity (Wildman–Crippen MR) is 172 cm³/mol. The summed E-state index contributed by atoms with van der Waals surface area (Å²) in [7, 11) is 0. The van der Waals surface area contributed by atoms with E-state index in [1.165, 1.54) is 0 Å². The number of furan rings is 1. The van der Waals surface area contributed by atoms with Gasteiger partial charge in [-0.2, -0.15) is 0 Å². The lowest BCUT2D eigenvalue weighted by Gasteiger charge is -2.14. The van der Waals surface area contributed by atoms with Crippen molar-refractivity contribution in [2.45, 2.75) is 0 Å². The molecule has 42 heavy (non-hydrogen) atoms. The molecule has 0 amide bonds. The van der Waals surface area contributed by atoms with E-state index < -0.39 is 0 Å². The monoisotopic (exact) mass is 537 g/mol. The summed E-state index contributed by atoms with van der Waals surface area (Å²) < 4.78 is 8.76. The molecular weight excluding hydrogens is 514 g/mol. The minimum absolute atomic E-state index is 0.893. The van der Waals surface area contributed by atoms with Crippen molar-refractivity contribution in [3.8, 4) is 28.3 Å². The number of para-hydroxylation sites is 4. The van der Waals surface area contributed by atoms with Crippen LogP contribution < -0.4 is 0 Å². The van der Waals surface area contributed by atoms with Crippen molar-refractivity contribution in [1.82, 2.24) is 14.5 Å². The van der Waals surface area contributed by atoms with Gasteiger partial charge in [-0.3, -0.25) is 4.57 Å². The van der Waals surface area contributed by atoms with E-state index >= 15 is 0 Å². The zero-order valence-corrected chi connectivity index (χ0v) is 22.5. The largest absolute Gasteiger partial charge is 0.455 e. The number of nitrogens with zero attached hydrogens (tertiary/aromatic N) is 3. The van der Waals surface area contributed by atoms with Gasteiger partial charge in [0.25, 0.3) is 0 Å². The van der Waals surface area contributed by atoms with Crippen molar-refractivity contribution < 1.29 is 4.42 Å². The third kappa shape index (κ3) is 3.36. The van der Waals surface area contributed by atoms with Crippen LogP contribution in [0.3, 0.4) is 0 Å². The maximum Gasteiger partial charge on any atom is 0.145 e. The van der Waals surface area contributed by atoms with Crippen LogP contribution in [0.5, 0.6) is 0 Å². The van der Waals surface area contributed by atoms with Gasteiger partial charge in [0.1, 0.15) is 17.0 Å². The molecule has 0 bridgehead atoms. The van der Waals surface area contributed by atoms with Crippen molar-refractivity contribution in [1.29, 1.82) is 0 Å². The third-order valence-corrected chi connectivity index (χ3v) is 8.18. The normalized spacial score (nSPS) is 11.8. The molecule has 0 fully saturated rings. The van der Waals surface area contributed by atoms with Gasteiger partial charge in [0, 0.05) is 43.7 Å². The molecule has 0 unspecified atom stereocenters. The fourth-order valence-electron chi connectivity index (χ4n) is 6.30. The van der Waals surface area contributed by atoms with Crippen molar-refractivity contribution in [2.24, 2.45) is 0 Å². The summed E-state index contributed by atoms with van der Waals surface area (Å²) in [4.78, 5) is 10.3. The van der Waals surface area contributed by atoms with Crippen LogP contribution in [0.1, 0.15) is 0 Å². The van der Waals surface area contributed by atoms with Gasteiger partial charge in [-0.25, -0.2) is 9.97 Å². The first-order valence-corrected chi connectivity index (χ1v) is 14.1. The first-order chi connectivity index (χ1) is 20.8. The topological polar surface area (TPSA) is 43.9 Å². The second-order valence-electron chi connectivity index (χ2n) is 10.6. The molecule has 0 saturated carbocycles. The molecule has 0 saturated heterocycles. The molecule has 0 aliphatic rings. The number of hydrogen-bond acceptors (Lipinski definition) is 3. The van der Waals surface area contributed by atoms with Crippen LogP contribution in [0.4, 0.5) is 0 Å². The van der Waals surface area contributed by atoms with Gasteiger partial charge in [-0.15, -0.1) is 0 Å². The number of benzene rings is 6. The minimum atomic E-state index is 0.893. The van der Waals surface area contributed by atoms with E-state index in [0.29, 0.717) is 0 Å². The molecule has 9 rings (SSSR count). The van der Waals surface area contributed by atoms with Crippen molar-refractivity contribution in [3.63, 3.8) is 0 Å². The zero-order valence-electron chi connectivity index (χ0n) is 22.5. The van der Waals surface area contributed by atoms with Crippen LogP contribution in [-0.2, 0) is 0 Å². The molecule has 6 aromatic carbocycles. The van der Waals surface area contributed by atoms with E-state index in [1.54, 1.807) is 0 Å². The highest BCUT2D eigenvalue weighted by molar-refractivity contribution is 6.24. The predicted octanol–water partition coefficient (Wildman–Crippen LogP) is 9.96. The number of imidazole rings is 1. The summed E-state index contributed by atoms with van der Waals surface area (Å²) in [5, 5.41) is 5.48. The Morgan fingerprint density at radius 1 is 0.500 bits per heavy atom. The second-order valence-corrected chi connectivity index (χ2v) is 10.6. The van der Waals surface area contributed by atoms with Crippen LogP contribution in [0.25, 0.3) is 83.0 Å². The third-order valence-electron chi connectivity index (χ3n) is 8.18. The highest BCUT2D eigenvalue weighted by atomic mass is 16.3. The Morgan fingerprint density at radius 3 is 2.12 bits per heavy atom. The average Bonchev–Trinajstić information content (AvgIpc) is 3.64. The summed E-state index contributed by atoms with van der Waals surface area (Å²) in [5.74, 6) is 0.911.